The van der Waals surface area contributed by atoms with Gasteiger partial charge >= 0.3 is 0 Å². The molecule has 2 unspecified atom stereocenters. The molecule has 1 aromatic rings. The fraction of sp³-hybridized carbons (Fsp3) is 0.643. The summed E-state index contributed by atoms with van der Waals surface area (Å²) in [7, 11) is 0. The lowest BCUT2D eigenvalue weighted by molar-refractivity contribution is -0.118. The predicted octanol–water partition coefficient (Wildman–Crippen LogP) is 0.864. The van der Waals surface area contributed by atoms with E-state index in [1.54, 1.807) is 18.5 Å². The van der Waals surface area contributed by atoms with Crippen LogP contribution in [0.4, 0.5) is 5.95 Å². The van der Waals surface area contributed by atoms with Crippen molar-refractivity contribution in [2.45, 2.75) is 32.2 Å². The van der Waals surface area contributed by atoms with Gasteiger partial charge in [-0.05, 0) is 31.4 Å². The summed E-state index contributed by atoms with van der Waals surface area (Å²) in [5.41, 5.74) is 5.84. The van der Waals surface area contributed by atoms with Crippen LogP contribution in [0.15, 0.2) is 18.5 Å². The highest BCUT2D eigenvalue weighted by molar-refractivity contribution is 5.90. The third kappa shape index (κ3) is 3.98. The number of anilines is 1. The first kappa shape index (κ1) is 14.9. The number of carbonyl (C=O) groups is 1. The minimum Gasteiger partial charge on any atom is -0.329 e. The zero-order valence-electron chi connectivity index (χ0n) is 12.0. The Morgan fingerprint density at radius 3 is 2.90 bits per heavy atom. The van der Waals surface area contributed by atoms with Gasteiger partial charge in [0.05, 0.1) is 6.54 Å². The molecule has 1 amide bonds. The highest BCUT2D eigenvalue weighted by atomic mass is 16.2. The number of rotatable bonds is 5. The number of piperidine rings is 1. The standard InChI is InChI=1S/C14H23N5O/c1-2-11-4-7-19(12(8-11)9-15)10-13(20)18-14-16-5-3-6-17-14/h3,5-6,11-12H,2,4,7-10,15H2,1H3,(H,16,17,18,20). The van der Waals surface area contributed by atoms with Crippen molar-refractivity contribution >= 4 is 11.9 Å². The molecule has 1 fully saturated rings. The van der Waals surface area contributed by atoms with Crippen molar-refractivity contribution in [1.29, 1.82) is 0 Å². The van der Waals surface area contributed by atoms with Crippen molar-refractivity contribution in [3.05, 3.63) is 18.5 Å². The number of amides is 1. The molecular formula is C14H23N5O. The van der Waals surface area contributed by atoms with E-state index in [4.69, 9.17) is 5.73 Å². The van der Waals surface area contributed by atoms with E-state index in [0.717, 1.165) is 25.3 Å². The predicted molar refractivity (Wildman–Crippen MR) is 78.1 cm³/mol. The summed E-state index contributed by atoms with van der Waals surface area (Å²) in [6.07, 6.45) is 6.63. The maximum Gasteiger partial charge on any atom is 0.240 e. The molecule has 110 valence electrons. The third-order valence-corrected chi connectivity index (χ3v) is 3.96. The van der Waals surface area contributed by atoms with E-state index < -0.39 is 0 Å². The molecule has 2 atom stereocenters. The van der Waals surface area contributed by atoms with Crippen LogP contribution >= 0.6 is 0 Å². The van der Waals surface area contributed by atoms with Gasteiger partial charge in [-0.25, -0.2) is 9.97 Å². The Hall–Kier alpha value is -1.53. The van der Waals surface area contributed by atoms with Gasteiger partial charge in [0.2, 0.25) is 11.9 Å². The van der Waals surface area contributed by atoms with Gasteiger partial charge in [0, 0.05) is 25.0 Å². The zero-order valence-corrected chi connectivity index (χ0v) is 12.0. The van der Waals surface area contributed by atoms with E-state index >= 15 is 0 Å². The quantitative estimate of drug-likeness (QED) is 0.834. The van der Waals surface area contributed by atoms with E-state index in [-0.39, 0.29) is 5.91 Å². The van der Waals surface area contributed by atoms with E-state index in [2.05, 4.69) is 27.1 Å². The van der Waals surface area contributed by atoms with Crippen LogP contribution in [0.3, 0.4) is 0 Å². The number of aromatic nitrogens is 2. The molecule has 2 heterocycles. The minimum atomic E-state index is -0.0791. The second kappa shape index (κ2) is 7.31. The van der Waals surface area contributed by atoms with Crippen molar-refractivity contribution in [2.75, 3.05) is 25.0 Å². The van der Waals surface area contributed by atoms with Crippen LogP contribution in [0.5, 0.6) is 0 Å². The first-order valence-corrected chi connectivity index (χ1v) is 7.24. The highest BCUT2D eigenvalue weighted by Gasteiger charge is 2.27. The zero-order chi connectivity index (χ0) is 14.4. The maximum atomic E-state index is 12.0. The SMILES string of the molecule is CCC1CCN(CC(=O)Nc2ncccn2)C(CN)C1. The summed E-state index contributed by atoms with van der Waals surface area (Å²) >= 11 is 0. The van der Waals surface area contributed by atoms with Crippen molar-refractivity contribution < 1.29 is 4.79 Å². The van der Waals surface area contributed by atoms with Crippen LogP contribution in [0.2, 0.25) is 0 Å². The third-order valence-electron chi connectivity index (χ3n) is 3.96. The second-order valence-electron chi connectivity index (χ2n) is 5.28. The first-order chi connectivity index (χ1) is 9.72. The topological polar surface area (TPSA) is 84.1 Å². The lowest BCUT2D eigenvalue weighted by Gasteiger charge is -2.38. The number of likely N-dealkylation sites (tertiary alicyclic amines) is 1. The van der Waals surface area contributed by atoms with Gasteiger partial charge < -0.3 is 5.73 Å². The molecule has 0 aliphatic carbocycles. The Kier molecular flexibility index (Phi) is 5.43. The number of nitrogens with zero attached hydrogens (tertiary/aromatic N) is 3. The van der Waals surface area contributed by atoms with Crippen LogP contribution in [0.25, 0.3) is 0 Å². The van der Waals surface area contributed by atoms with Gasteiger partial charge in [-0.2, -0.15) is 0 Å². The molecule has 0 radical (unpaired) electrons. The van der Waals surface area contributed by atoms with Gasteiger partial charge in [0.1, 0.15) is 0 Å². The second-order valence-corrected chi connectivity index (χ2v) is 5.28. The lowest BCUT2D eigenvalue weighted by atomic mass is 9.89. The van der Waals surface area contributed by atoms with Crippen LogP contribution < -0.4 is 11.1 Å². The van der Waals surface area contributed by atoms with Crippen LogP contribution in [-0.4, -0.2) is 46.5 Å². The Balaban J connectivity index is 1.87. The normalized spacial score (nSPS) is 23.5. The molecule has 1 aliphatic rings. The van der Waals surface area contributed by atoms with Gasteiger partial charge in [-0.15, -0.1) is 0 Å². The summed E-state index contributed by atoms with van der Waals surface area (Å²) in [6, 6.07) is 2.02. The first-order valence-electron chi connectivity index (χ1n) is 7.24. The highest BCUT2D eigenvalue weighted by Crippen LogP contribution is 2.24. The monoisotopic (exact) mass is 277 g/mol. The summed E-state index contributed by atoms with van der Waals surface area (Å²) in [4.78, 5) is 22.2. The molecule has 1 saturated heterocycles. The molecule has 0 saturated carbocycles. The molecular weight excluding hydrogens is 254 g/mol. The van der Waals surface area contributed by atoms with Gasteiger partial charge in [-0.3, -0.25) is 15.0 Å². The number of hydrogen-bond donors (Lipinski definition) is 2. The molecule has 6 nitrogen and oxygen atoms in total. The van der Waals surface area contributed by atoms with E-state index in [9.17, 15) is 4.79 Å². The molecule has 1 aliphatic heterocycles. The van der Waals surface area contributed by atoms with Gasteiger partial charge in [0.15, 0.2) is 0 Å². The summed E-state index contributed by atoms with van der Waals surface area (Å²) in [5, 5.41) is 2.72. The van der Waals surface area contributed by atoms with Crippen LogP contribution in [-0.2, 0) is 4.79 Å². The summed E-state index contributed by atoms with van der Waals surface area (Å²) in [5.74, 6) is 1.01. The molecule has 3 N–H and O–H groups in total. The van der Waals surface area contributed by atoms with Crippen molar-refractivity contribution in [1.82, 2.24) is 14.9 Å². The van der Waals surface area contributed by atoms with Gasteiger partial charge in [-0.1, -0.05) is 13.3 Å². The van der Waals surface area contributed by atoms with Crippen molar-refractivity contribution in [2.24, 2.45) is 11.7 Å². The summed E-state index contributed by atoms with van der Waals surface area (Å²) in [6.45, 7) is 4.11. The molecule has 6 heteroatoms. The molecule has 2 rings (SSSR count). The molecule has 0 aromatic carbocycles. The van der Waals surface area contributed by atoms with Crippen molar-refractivity contribution in [3.8, 4) is 0 Å². The Bertz CT molecular complexity index is 425. The van der Waals surface area contributed by atoms with E-state index in [1.165, 1.54) is 6.42 Å². The van der Waals surface area contributed by atoms with E-state index in [1.807, 2.05) is 0 Å². The molecule has 1 aromatic heterocycles. The average molecular weight is 277 g/mol. The number of carbonyl (C=O) groups excluding carboxylic acids is 1. The largest absolute Gasteiger partial charge is 0.329 e. The smallest absolute Gasteiger partial charge is 0.240 e. The van der Waals surface area contributed by atoms with Crippen LogP contribution in [0, 0.1) is 5.92 Å². The Morgan fingerprint density at radius 1 is 1.50 bits per heavy atom. The Morgan fingerprint density at radius 2 is 2.25 bits per heavy atom. The van der Waals surface area contributed by atoms with Gasteiger partial charge in [0.25, 0.3) is 0 Å². The van der Waals surface area contributed by atoms with Crippen LogP contribution in [0.1, 0.15) is 26.2 Å². The minimum absolute atomic E-state index is 0.0791. The lowest BCUT2D eigenvalue weighted by Crippen LogP contribution is -2.49. The average Bonchev–Trinajstić information content (AvgIpc) is 2.48. The number of nitrogens with two attached hydrogens (primary N) is 1. The molecule has 20 heavy (non-hydrogen) atoms. The van der Waals surface area contributed by atoms with Crippen molar-refractivity contribution in [3.63, 3.8) is 0 Å². The fourth-order valence-corrected chi connectivity index (χ4v) is 2.72. The fourth-order valence-electron chi connectivity index (χ4n) is 2.72. The maximum absolute atomic E-state index is 12.0. The molecule has 0 spiro atoms. The summed E-state index contributed by atoms with van der Waals surface area (Å²) < 4.78 is 0. The van der Waals surface area contributed by atoms with E-state index in [0.29, 0.717) is 25.1 Å². The Labute approximate surface area is 119 Å². The number of hydrogen-bond acceptors (Lipinski definition) is 5. The molecule has 0 bridgehead atoms. The number of nitrogens with one attached hydrogen (secondary N) is 1.